The molecule has 1 heterocycles. The maximum atomic E-state index is 12.8. The lowest BCUT2D eigenvalue weighted by Crippen LogP contribution is -2.45. The predicted octanol–water partition coefficient (Wildman–Crippen LogP) is 1.27. The molecule has 3 aliphatic rings. The molecule has 5 atom stereocenters. The van der Waals surface area contributed by atoms with Gasteiger partial charge in [-0.1, -0.05) is 24.3 Å². The monoisotopic (exact) mass is 439 g/mol. The van der Waals surface area contributed by atoms with Gasteiger partial charge in [0.2, 0.25) is 11.8 Å². The molecule has 172 valence electrons. The van der Waals surface area contributed by atoms with E-state index in [0.29, 0.717) is 25.6 Å². The Kier molecular flexibility index (Phi) is 6.50. The average Bonchev–Trinajstić information content (AvgIpc) is 3.47. The summed E-state index contributed by atoms with van der Waals surface area (Å²) >= 11 is 0. The number of guanidine groups is 1. The van der Waals surface area contributed by atoms with Crippen molar-refractivity contribution >= 4 is 17.8 Å². The number of ether oxygens (including phenoxy) is 1. The van der Waals surface area contributed by atoms with Gasteiger partial charge < -0.3 is 20.3 Å². The minimum absolute atomic E-state index is 0.00714. The summed E-state index contributed by atoms with van der Waals surface area (Å²) in [5.74, 6) is 1.66. The fourth-order valence-electron chi connectivity index (χ4n) is 5.33. The minimum atomic E-state index is -0.140. The van der Waals surface area contributed by atoms with Crippen LogP contribution in [0.3, 0.4) is 0 Å². The summed E-state index contributed by atoms with van der Waals surface area (Å²) in [6, 6.07) is 8.15. The quantitative estimate of drug-likeness (QED) is 0.275. The van der Waals surface area contributed by atoms with Gasteiger partial charge in [-0.3, -0.25) is 19.5 Å². The highest BCUT2D eigenvalue weighted by Crippen LogP contribution is 2.52. The van der Waals surface area contributed by atoms with Crippen LogP contribution in [0.5, 0.6) is 5.75 Å². The van der Waals surface area contributed by atoms with Crippen LogP contribution in [0.15, 0.2) is 41.4 Å². The molecule has 8 heteroatoms. The zero-order valence-corrected chi connectivity index (χ0v) is 19.2. The number of likely N-dealkylation sites (tertiary alicyclic amines) is 1. The molecule has 5 unspecified atom stereocenters. The van der Waals surface area contributed by atoms with Crippen molar-refractivity contribution in [1.29, 1.82) is 0 Å². The summed E-state index contributed by atoms with van der Waals surface area (Å²) in [5.41, 5.74) is 1.14. The summed E-state index contributed by atoms with van der Waals surface area (Å²) in [5, 5.41) is 6.60. The number of benzene rings is 1. The molecule has 0 spiro atoms. The molecule has 4 rings (SSSR count). The number of carbonyl (C=O) groups excluding carboxylic acids is 2. The number of methoxy groups -OCH3 is 1. The van der Waals surface area contributed by atoms with Gasteiger partial charge in [0.1, 0.15) is 5.75 Å². The van der Waals surface area contributed by atoms with E-state index < -0.39 is 0 Å². The van der Waals surface area contributed by atoms with Crippen molar-refractivity contribution in [2.45, 2.75) is 12.5 Å². The molecule has 2 N–H and O–H groups in total. The fraction of sp³-hybridized carbons (Fsp3) is 0.542. The van der Waals surface area contributed by atoms with Gasteiger partial charge in [0.25, 0.3) is 0 Å². The molecule has 0 radical (unpaired) electrons. The molecule has 2 amide bonds. The van der Waals surface area contributed by atoms with Crippen molar-refractivity contribution in [3.8, 4) is 5.75 Å². The number of imide groups is 1. The Morgan fingerprint density at radius 1 is 1.19 bits per heavy atom. The van der Waals surface area contributed by atoms with Crippen molar-refractivity contribution in [1.82, 2.24) is 20.4 Å². The second-order valence-electron chi connectivity index (χ2n) is 8.96. The number of likely N-dealkylation sites (N-methyl/N-ethyl adjacent to an activating group) is 1. The summed E-state index contributed by atoms with van der Waals surface area (Å²) in [7, 11) is 7.44. The number of allylic oxidation sites excluding steroid dienone is 2. The number of carbonyl (C=O) groups is 2. The molecule has 1 saturated carbocycles. The highest BCUT2D eigenvalue weighted by Gasteiger charge is 2.58. The molecular weight excluding hydrogens is 406 g/mol. The van der Waals surface area contributed by atoms with E-state index >= 15 is 0 Å². The lowest BCUT2D eigenvalue weighted by atomic mass is 9.85. The average molecular weight is 440 g/mol. The topological polar surface area (TPSA) is 86.3 Å². The van der Waals surface area contributed by atoms with E-state index in [0.717, 1.165) is 17.7 Å². The Labute approximate surface area is 189 Å². The molecule has 0 aromatic heterocycles. The number of nitrogens with zero attached hydrogens (tertiary/aromatic N) is 3. The van der Waals surface area contributed by atoms with Crippen LogP contribution >= 0.6 is 0 Å². The first-order valence-corrected chi connectivity index (χ1v) is 11.2. The molecule has 1 aromatic rings. The third-order valence-electron chi connectivity index (χ3n) is 6.98. The summed E-state index contributed by atoms with van der Waals surface area (Å²) in [6.45, 7) is 1.46. The van der Waals surface area contributed by atoms with Gasteiger partial charge >= 0.3 is 0 Å². The van der Waals surface area contributed by atoms with Gasteiger partial charge in [-0.25, -0.2) is 0 Å². The zero-order valence-electron chi connectivity index (χ0n) is 19.2. The van der Waals surface area contributed by atoms with Crippen molar-refractivity contribution in [3.05, 3.63) is 42.0 Å². The summed E-state index contributed by atoms with van der Waals surface area (Å²) in [4.78, 5) is 33.5. The molecule has 2 bridgehead atoms. The standard InChI is InChI=1S/C24H33N5O3/c1-25-24(27-14-19(28(2)3)15-6-5-7-18(13-15)32-4)26-10-11-29-22(30)20-16-8-9-17(12-16)21(20)23(29)31/h5-9,13,16-17,19-21H,10-12,14H2,1-4H3,(H2,25,26,27). The van der Waals surface area contributed by atoms with Gasteiger partial charge in [-0.05, 0) is 50.0 Å². The largest absolute Gasteiger partial charge is 0.497 e. The van der Waals surface area contributed by atoms with Crippen LogP contribution in [0, 0.1) is 23.7 Å². The normalized spacial score (nSPS) is 27.3. The first-order chi connectivity index (χ1) is 15.4. The third kappa shape index (κ3) is 4.11. The van der Waals surface area contributed by atoms with Crippen molar-refractivity contribution in [3.63, 3.8) is 0 Å². The van der Waals surface area contributed by atoms with E-state index in [2.05, 4.69) is 38.7 Å². The van der Waals surface area contributed by atoms with Crippen molar-refractivity contribution in [2.24, 2.45) is 28.7 Å². The minimum Gasteiger partial charge on any atom is -0.497 e. The first kappa shape index (κ1) is 22.3. The van der Waals surface area contributed by atoms with Crippen LogP contribution in [-0.4, -0.2) is 75.5 Å². The van der Waals surface area contributed by atoms with E-state index in [1.54, 1.807) is 14.2 Å². The number of rotatable bonds is 8. The second-order valence-corrected chi connectivity index (χ2v) is 8.96. The molecular formula is C24H33N5O3. The van der Waals surface area contributed by atoms with Crippen LogP contribution < -0.4 is 15.4 Å². The van der Waals surface area contributed by atoms with Gasteiger partial charge in [0.15, 0.2) is 5.96 Å². The fourth-order valence-corrected chi connectivity index (χ4v) is 5.33. The number of fused-ring (bicyclic) bond motifs is 5. The molecule has 1 aromatic carbocycles. The Balaban J connectivity index is 1.29. The van der Waals surface area contributed by atoms with E-state index in [1.165, 1.54) is 4.90 Å². The van der Waals surface area contributed by atoms with E-state index in [-0.39, 0.29) is 41.5 Å². The lowest BCUT2D eigenvalue weighted by molar-refractivity contribution is -0.140. The molecule has 8 nitrogen and oxygen atoms in total. The number of hydrogen-bond acceptors (Lipinski definition) is 5. The number of aliphatic imine (C=N–C) groups is 1. The smallest absolute Gasteiger partial charge is 0.233 e. The Bertz CT molecular complexity index is 898. The van der Waals surface area contributed by atoms with Crippen LogP contribution in [0.4, 0.5) is 0 Å². The zero-order chi connectivity index (χ0) is 22.8. The van der Waals surface area contributed by atoms with Gasteiger partial charge in [-0.15, -0.1) is 0 Å². The highest BCUT2D eigenvalue weighted by molar-refractivity contribution is 6.06. The van der Waals surface area contributed by atoms with Gasteiger partial charge in [-0.2, -0.15) is 0 Å². The highest BCUT2D eigenvalue weighted by atomic mass is 16.5. The van der Waals surface area contributed by atoms with Crippen LogP contribution in [0.25, 0.3) is 0 Å². The van der Waals surface area contributed by atoms with Crippen LogP contribution in [-0.2, 0) is 9.59 Å². The summed E-state index contributed by atoms with van der Waals surface area (Å²) < 4.78 is 5.36. The lowest BCUT2D eigenvalue weighted by Gasteiger charge is -2.26. The molecule has 32 heavy (non-hydrogen) atoms. The van der Waals surface area contributed by atoms with Crippen molar-refractivity contribution < 1.29 is 14.3 Å². The number of amides is 2. The summed E-state index contributed by atoms with van der Waals surface area (Å²) in [6.07, 6.45) is 5.19. The number of nitrogens with one attached hydrogen (secondary N) is 2. The van der Waals surface area contributed by atoms with Crippen molar-refractivity contribution in [2.75, 3.05) is 47.9 Å². The number of hydrogen-bond donors (Lipinski definition) is 2. The van der Waals surface area contributed by atoms with Crippen LogP contribution in [0.2, 0.25) is 0 Å². The van der Waals surface area contributed by atoms with Gasteiger partial charge in [0.05, 0.1) is 25.0 Å². The van der Waals surface area contributed by atoms with E-state index in [1.807, 2.05) is 32.3 Å². The van der Waals surface area contributed by atoms with E-state index in [9.17, 15) is 9.59 Å². The first-order valence-electron chi connectivity index (χ1n) is 11.2. The second kappa shape index (κ2) is 9.32. The third-order valence-corrected chi connectivity index (χ3v) is 6.98. The predicted molar refractivity (Wildman–Crippen MR) is 123 cm³/mol. The Morgan fingerprint density at radius 3 is 2.47 bits per heavy atom. The molecule has 1 saturated heterocycles. The van der Waals surface area contributed by atoms with Gasteiger partial charge in [0, 0.05) is 26.7 Å². The maximum Gasteiger partial charge on any atom is 0.233 e. The molecule has 2 aliphatic carbocycles. The molecule has 2 fully saturated rings. The van der Waals surface area contributed by atoms with E-state index in [4.69, 9.17) is 4.74 Å². The Morgan fingerprint density at radius 2 is 1.88 bits per heavy atom. The molecule has 1 aliphatic heterocycles. The maximum absolute atomic E-state index is 12.8. The Hall–Kier alpha value is -2.87. The SMILES string of the molecule is CN=C(NCCN1C(=O)C2C3C=CC(C3)C2C1=O)NCC(c1cccc(OC)c1)N(C)C. The van der Waals surface area contributed by atoms with Crippen LogP contribution in [0.1, 0.15) is 18.0 Å².